The van der Waals surface area contributed by atoms with Crippen molar-refractivity contribution in [2.24, 2.45) is 5.92 Å². The lowest BCUT2D eigenvalue weighted by Gasteiger charge is -2.28. The number of carbonyl (C=O) groups excluding carboxylic acids is 1. The van der Waals surface area contributed by atoms with Crippen LogP contribution in [-0.2, 0) is 0 Å². The standard InChI is InChI=1S/C14H18FN3O3.ClH/c1-9(10-3-2-6-16-8-10)17-14(19)12-7-11(15)4-5-13(12)18(20)21;/h4-5,7,9-10,16H,2-3,6,8H2,1H3,(H,17,19);1H. The Hall–Kier alpha value is -1.73. The first-order chi connectivity index (χ1) is 9.99. The molecule has 2 N–H and O–H groups in total. The van der Waals surface area contributed by atoms with E-state index in [2.05, 4.69) is 10.6 Å². The number of benzene rings is 1. The third kappa shape index (κ3) is 4.38. The molecule has 1 fully saturated rings. The van der Waals surface area contributed by atoms with Crippen molar-refractivity contribution in [1.29, 1.82) is 0 Å². The van der Waals surface area contributed by atoms with Gasteiger partial charge in [0.05, 0.1) is 4.92 Å². The molecule has 1 aliphatic rings. The van der Waals surface area contributed by atoms with Gasteiger partial charge in [-0.2, -0.15) is 0 Å². The molecule has 0 aromatic heterocycles. The van der Waals surface area contributed by atoms with E-state index in [0.29, 0.717) is 0 Å². The van der Waals surface area contributed by atoms with Crippen molar-refractivity contribution in [3.8, 4) is 0 Å². The first-order valence-corrected chi connectivity index (χ1v) is 6.94. The molecule has 2 atom stereocenters. The van der Waals surface area contributed by atoms with Crippen LogP contribution in [0.3, 0.4) is 0 Å². The van der Waals surface area contributed by atoms with Crippen LogP contribution in [-0.4, -0.2) is 30.0 Å². The predicted octanol–water partition coefficient (Wildman–Crippen LogP) is 2.27. The minimum atomic E-state index is -0.679. The number of nitrogens with one attached hydrogen (secondary N) is 2. The fraction of sp³-hybridized carbons (Fsp3) is 0.500. The zero-order valence-corrected chi connectivity index (χ0v) is 13.0. The lowest BCUT2D eigenvalue weighted by Crippen LogP contribution is -2.44. The molecule has 122 valence electrons. The van der Waals surface area contributed by atoms with Gasteiger partial charge >= 0.3 is 0 Å². The van der Waals surface area contributed by atoms with Crippen molar-refractivity contribution in [1.82, 2.24) is 10.6 Å². The molecule has 1 amide bonds. The number of hydrogen-bond donors (Lipinski definition) is 2. The minimum Gasteiger partial charge on any atom is -0.349 e. The molecule has 1 aromatic carbocycles. The smallest absolute Gasteiger partial charge is 0.282 e. The maximum Gasteiger partial charge on any atom is 0.282 e. The van der Waals surface area contributed by atoms with Crippen LogP contribution < -0.4 is 10.6 Å². The molecule has 22 heavy (non-hydrogen) atoms. The Labute approximate surface area is 134 Å². The average molecular weight is 332 g/mol. The van der Waals surface area contributed by atoms with Crippen LogP contribution in [0.5, 0.6) is 0 Å². The zero-order chi connectivity index (χ0) is 15.4. The number of rotatable bonds is 4. The Morgan fingerprint density at radius 1 is 1.55 bits per heavy atom. The Morgan fingerprint density at radius 2 is 2.27 bits per heavy atom. The van der Waals surface area contributed by atoms with Gasteiger partial charge in [-0.1, -0.05) is 0 Å². The van der Waals surface area contributed by atoms with Crippen LogP contribution in [0.15, 0.2) is 18.2 Å². The second kappa shape index (κ2) is 8.05. The second-order valence-corrected chi connectivity index (χ2v) is 5.29. The Balaban J connectivity index is 0.00000242. The largest absolute Gasteiger partial charge is 0.349 e. The van der Waals surface area contributed by atoms with Crippen molar-refractivity contribution in [3.63, 3.8) is 0 Å². The second-order valence-electron chi connectivity index (χ2n) is 5.29. The van der Waals surface area contributed by atoms with Gasteiger partial charge in [0.25, 0.3) is 11.6 Å². The Morgan fingerprint density at radius 3 is 2.86 bits per heavy atom. The molecule has 0 aliphatic carbocycles. The zero-order valence-electron chi connectivity index (χ0n) is 12.2. The molecule has 1 heterocycles. The fourth-order valence-electron chi connectivity index (χ4n) is 2.56. The van der Waals surface area contributed by atoms with Gasteiger partial charge in [-0.25, -0.2) is 4.39 Å². The highest BCUT2D eigenvalue weighted by Crippen LogP contribution is 2.21. The molecule has 8 heteroatoms. The fourth-order valence-corrected chi connectivity index (χ4v) is 2.56. The number of amides is 1. The summed E-state index contributed by atoms with van der Waals surface area (Å²) < 4.78 is 13.3. The highest BCUT2D eigenvalue weighted by molar-refractivity contribution is 5.98. The van der Waals surface area contributed by atoms with Gasteiger partial charge in [0.15, 0.2) is 0 Å². The number of piperidine rings is 1. The molecule has 1 aliphatic heterocycles. The van der Waals surface area contributed by atoms with Gasteiger partial charge in [-0.3, -0.25) is 14.9 Å². The molecular formula is C14H19ClFN3O3. The molecule has 0 radical (unpaired) electrons. The molecule has 0 saturated carbocycles. The predicted molar refractivity (Wildman–Crippen MR) is 82.8 cm³/mol. The van der Waals surface area contributed by atoms with E-state index in [1.54, 1.807) is 0 Å². The number of nitro benzene ring substituents is 1. The molecule has 6 nitrogen and oxygen atoms in total. The van der Waals surface area contributed by atoms with Crippen LogP contribution in [0.25, 0.3) is 0 Å². The molecule has 2 rings (SSSR count). The summed E-state index contributed by atoms with van der Waals surface area (Å²) in [4.78, 5) is 22.4. The van der Waals surface area contributed by atoms with Crippen molar-refractivity contribution in [3.05, 3.63) is 39.7 Å². The number of nitro groups is 1. The van der Waals surface area contributed by atoms with Gasteiger partial charge in [-0.05, 0) is 50.9 Å². The third-order valence-electron chi connectivity index (χ3n) is 3.80. The van der Waals surface area contributed by atoms with Crippen molar-refractivity contribution >= 4 is 24.0 Å². The van der Waals surface area contributed by atoms with Gasteiger partial charge < -0.3 is 10.6 Å². The summed E-state index contributed by atoms with van der Waals surface area (Å²) in [6.45, 7) is 3.62. The summed E-state index contributed by atoms with van der Waals surface area (Å²) in [7, 11) is 0. The SMILES string of the molecule is CC(NC(=O)c1cc(F)ccc1[N+](=O)[O-])C1CCCNC1.Cl. The van der Waals surface area contributed by atoms with E-state index < -0.39 is 16.6 Å². The van der Waals surface area contributed by atoms with Crippen molar-refractivity contribution in [2.45, 2.75) is 25.8 Å². The van der Waals surface area contributed by atoms with Gasteiger partial charge in [0.1, 0.15) is 11.4 Å². The van der Waals surface area contributed by atoms with Crippen LogP contribution in [0.1, 0.15) is 30.1 Å². The van der Waals surface area contributed by atoms with Crippen molar-refractivity contribution < 1.29 is 14.1 Å². The average Bonchev–Trinajstić information content (AvgIpc) is 2.47. The molecule has 0 bridgehead atoms. The summed E-state index contributed by atoms with van der Waals surface area (Å²) in [6, 6.07) is 2.76. The Bertz CT molecular complexity index is 550. The van der Waals surface area contributed by atoms with Crippen LogP contribution in [0, 0.1) is 21.8 Å². The summed E-state index contributed by atoms with van der Waals surface area (Å²) in [5.41, 5.74) is -0.626. The molecular weight excluding hydrogens is 313 g/mol. The molecule has 2 unspecified atom stereocenters. The van der Waals surface area contributed by atoms with E-state index in [9.17, 15) is 19.3 Å². The van der Waals surface area contributed by atoms with Crippen LogP contribution >= 0.6 is 12.4 Å². The number of halogens is 2. The Kier molecular flexibility index (Phi) is 6.70. The third-order valence-corrected chi connectivity index (χ3v) is 3.80. The van der Waals surface area contributed by atoms with Crippen molar-refractivity contribution in [2.75, 3.05) is 13.1 Å². The van der Waals surface area contributed by atoms with E-state index in [-0.39, 0.29) is 35.6 Å². The van der Waals surface area contributed by atoms with E-state index >= 15 is 0 Å². The minimum absolute atomic E-state index is 0. The topological polar surface area (TPSA) is 84.3 Å². The molecule has 1 aromatic rings. The normalized spacial score (nSPS) is 18.9. The molecule has 0 spiro atoms. The van der Waals surface area contributed by atoms with Gasteiger partial charge in [0.2, 0.25) is 0 Å². The van der Waals surface area contributed by atoms with E-state index in [4.69, 9.17) is 0 Å². The monoisotopic (exact) mass is 331 g/mol. The summed E-state index contributed by atoms with van der Waals surface area (Å²) in [6.07, 6.45) is 2.02. The number of hydrogen-bond acceptors (Lipinski definition) is 4. The lowest BCUT2D eigenvalue weighted by atomic mass is 9.92. The van der Waals surface area contributed by atoms with Crippen LogP contribution in [0.4, 0.5) is 10.1 Å². The summed E-state index contributed by atoms with van der Waals surface area (Å²) in [5, 5.41) is 16.9. The van der Waals surface area contributed by atoms with Gasteiger partial charge in [-0.15, -0.1) is 12.4 Å². The van der Waals surface area contributed by atoms with E-state index in [1.807, 2.05) is 6.92 Å². The molecule has 1 saturated heterocycles. The summed E-state index contributed by atoms with van der Waals surface area (Å²) >= 11 is 0. The quantitative estimate of drug-likeness (QED) is 0.655. The van der Waals surface area contributed by atoms with E-state index in [1.165, 1.54) is 0 Å². The summed E-state index contributed by atoms with van der Waals surface area (Å²) in [5.74, 6) is -1.01. The van der Waals surface area contributed by atoms with Crippen LogP contribution in [0.2, 0.25) is 0 Å². The highest BCUT2D eigenvalue weighted by atomic mass is 35.5. The first-order valence-electron chi connectivity index (χ1n) is 6.94. The number of nitrogens with zero attached hydrogens (tertiary/aromatic N) is 1. The first kappa shape index (κ1) is 18.3. The van der Waals surface area contributed by atoms with Gasteiger partial charge in [0, 0.05) is 12.1 Å². The lowest BCUT2D eigenvalue weighted by molar-refractivity contribution is -0.385. The highest BCUT2D eigenvalue weighted by Gasteiger charge is 2.25. The number of carbonyl (C=O) groups is 1. The van der Waals surface area contributed by atoms with E-state index in [0.717, 1.165) is 44.1 Å². The maximum absolute atomic E-state index is 13.3. The maximum atomic E-state index is 13.3.